The zero-order chi connectivity index (χ0) is 21.9. The molecule has 1 fully saturated rings. The molecule has 3 atom stereocenters. The van der Waals surface area contributed by atoms with Gasteiger partial charge in [0.1, 0.15) is 11.9 Å². The molecular formula is C21H30N4O4S. The minimum atomic E-state index is -3.66. The Morgan fingerprint density at radius 2 is 2.03 bits per heavy atom. The topological polar surface area (TPSA) is 108 Å². The number of carbonyl (C=O) groups excluding carboxylic acids is 2. The van der Waals surface area contributed by atoms with Gasteiger partial charge >= 0.3 is 0 Å². The lowest BCUT2D eigenvalue weighted by molar-refractivity contribution is -0.135. The molecule has 2 aliphatic rings. The SMILES string of the molecule is CCC(=O)NC1CCCN(C(=O)[C@@H](N=C2NS(=O)(=O)c3ccccc32)[C@@H](C)CC)C1. The molecule has 3 rings (SSSR count). The van der Waals surface area contributed by atoms with Crippen molar-refractivity contribution in [2.75, 3.05) is 13.1 Å². The van der Waals surface area contributed by atoms with E-state index in [0.29, 0.717) is 25.1 Å². The predicted octanol–water partition coefficient (Wildman–Crippen LogP) is 1.66. The van der Waals surface area contributed by atoms with Gasteiger partial charge in [0, 0.05) is 31.1 Å². The summed E-state index contributed by atoms with van der Waals surface area (Å²) in [5, 5.41) is 2.97. The lowest BCUT2D eigenvalue weighted by Crippen LogP contribution is -2.52. The van der Waals surface area contributed by atoms with E-state index in [1.54, 1.807) is 30.0 Å². The molecule has 9 heteroatoms. The number of aliphatic imine (C=N–C) groups is 1. The fraction of sp³-hybridized carbons (Fsp3) is 0.571. The Kier molecular flexibility index (Phi) is 6.80. The van der Waals surface area contributed by atoms with Gasteiger partial charge in [0.2, 0.25) is 11.8 Å². The summed E-state index contributed by atoms with van der Waals surface area (Å²) in [5.41, 5.74) is 0.491. The first-order chi connectivity index (χ1) is 14.3. The molecule has 0 radical (unpaired) electrons. The number of nitrogens with zero attached hydrogens (tertiary/aromatic N) is 2. The molecule has 1 unspecified atom stereocenters. The second-order valence-corrected chi connectivity index (χ2v) is 9.61. The number of benzene rings is 1. The number of fused-ring (bicyclic) bond motifs is 1. The van der Waals surface area contributed by atoms with Crippen LogP contribution in [-0.2, 0) is 19.6 Å². The zero-order valence-corrected chi connectivity index (χ0v) is 18.5. The molecule has 30 heavy (non-hydrogen) atoms. The molecule has 1 saturated heterocycles. The van der Waals surface area contributed by atoms with E-state index in [1.165, 1.54) is 6.07 Å². The van der Waals surface area contributed by atoms with Crippen molar-refractivity contribution in [3.63, 3.8) is 0 Å². The van der Waals surface area contributed by atoms with Crippen LogP contribution in [0.5, 0.6) is 0 Å². The number of hydrogen-bond donors (Lipinski definition) is 2. The number of nitrogens with one attached hydrogen (secondary N) is 2. The number of piperidine rings is 1. The van der Waals surface area contributed by atoms with E-state index >= 15 is 0 Å². The van der Waals surface area contributed by atoms with Gasteiger partial charge in [0.15, 0.2) is 0 Å². The molecule has 2 N–H and O–H groups in total. The summed E-state index contributed by atoms with van der Waals surface area (Å²) < 4.78 is 27.3. The summed E-state index contributed by atoms with van der Waals surface area (Å²) in [6.45, 7) is 6.79. The smallest absolute Gasteiger partial charge is 0.263 e. The van der Waals surface area contributed by atoms with Gasteiger partial charge in [-0.1, -0.05) is 39.3 Å². The van der Waals surface area contributed by atoms with Gasteiger partial charge in [-0.2, -0.15) is 0 Å². The quantitative estimate of drug-likeness (QED) is 0.710. The normalized spacial score (nSPS) is 23.4. The van der Waals surface area contributed by atoms with Gasteiger partial charge in [0.25, 0.3) is 10.0 Å². The Bertz CT molecular complexity index is 944. The van der Waals surface area contributed by atoms with Crippen LogP contribution >= 0.6 is 0 Å². The number of likely N-dealkylation sites (tertiary alicyclic amines) is 1. The fourth-order valence-electron chi connectivity index (χ4n) is 3.83. The van der Waals surface area contributed by atoms with Gasteiger partial charge < -0.3 is 10.2 Å². The van der Waals surface area contributed by atoms with Crippen molar-refractivity contribution < 1.29 is 18.0 Å². The van der Waals surface area contributed by atoms with Crippen LogP contribution < -0.4 is 10.0 Å². The highest BCUT2D eigenvalue weighted by Gasteiger charge is 2.35. The second-order valence-electron chi connectivity index (χ2n) is 7.95. The average Bonchev–Trinajstić information content (AvgIpc) is 3.01. The van der Waals surface area contributed by atoms with Crippen LogP contribution in [-0.4, -0.2) is 56.1 Å². The van der Waals surface area contributed by atoms with E-state index in [9.17, 15) is 18.0 Å². The van der Waals surface area contributed by atoms with E-state index in [1.807, 2.05) is 13.8 Å². The van der Waals surface area contributed by atoms with Crippen molar-refractivity contribution >= 4 is 27.7 Å². The maximum Gasteiger partial charge on any atom is 0.263 e. The van der Waals surface area contributed by atoms with E-state index in [2.05, 4.69) is 15.0 Å². The van der Waals surface area contributed by atoms with Crippen LogP contribution in [0.4, 0.5) is 0 Å². The summed E-state index contributed by atoms with van der Waals surface area (Å²) in [7, 11) is -3.66. The summed E-state index contributed by atoms with van der Waals surface area (Å²) in [5.74, 6) is 0.00540. The third kappa shape index (κ3) is 4.66. The number of amides is 2. The fourth-order valence-corrected chi connectivity index (χ4v) is 5.07. The van der Waals surface area contributed by atoms with Crippen LogP contribution in [0.1, 0.15) is 52.0 Å². The second kappa shape index (κ2) is 9.16. The molecule has 164 valence electrons. The van der Waals surface area contributed by atoms with Crippen LogP contribution in [0.25, 0.3) is 0 Å². The van der Waals surface area contributed by atoms with Gasteiger partial charge in [-0.15, -0.1) is 0 Å². The number of hydrogen-bond acceptors (Lipinski definition) is 5. The first kappa shape index (κ1) is 22.3. The number of carbonyl (C=O) groups is 2. The van der Waals surface area contributed by atoms with E-state index in [4.69, 9.17) is 0 Å². The molecule has 0 bridgehead atoms. The summed E-state index contributed by atoms with van der Waals surface area (Å²) in [6, 6.07) is 5.89. The Morgan fingerprint density at radius 1 is 1.30 bits per heavy atom. The monoisotopic (exact) mass is 434 g/mol. The van der Waals surface area contributed by atoms with Crippen LogP contribution in [0, 0.1) is 5.92 Å². The van der Waals surface area contributed by atoms with E-state index in [-0.39, 0.29) is 34.5 Å². The minimum absolute atomic E-state index is 0.0232. The number of amidine groups is 1. The maximum absolute atomic E-state index is 13.4. The first-order valence-electron chi connectivity index (χ1n) is 10.5. The average molecular weight is 435 g/mol. The standard InChI is InChI=1S/C21H30N4O4S/c1-4-14(3)19(21(27)25-12-8-9-15(13-25)22-18(26)5-2)23-20-16-10-6-7-11-17(16)30(28,29)24-20/h6-7,10-11,14-15,19H,4-5,8-9,12-13H2,1-3H3,(H,22,26)(H,23,24)/t14-,15?,19-/m0/s1. The summed E-state index contributed by atoms with van der Waals surface area (Å²) in [4.78, 5) is 31.7. The molecule has 1 aromatic rings. The van der Waals surface area contributed by atoms with Crippen molar-refractivity contribution in [2.45, 2.75) is 63.4 Å². The number of sulfonamides is 1. The molecule has 1 aromatic carbocycles. The lowest BCUT2D eigenvalue weighted by atomic mass is 9.96. The van der Waals surface area contributed by atoms with Gasteiger partial charge in [0.05, 0.1) is 4.90 Å². The van der Waals surface area contributed by atoms with Crippen molar-refractivity contribution in [1.29, 1.82) is 0 Å². The van der Waals surface area contributed by atoms with Crippen LogP contribution in [0.3, 0.4) is 0 Å². The largest absolute Gasteiger partial charge is 0.352 e. The molecule has 8 nitrogen and oxygen atoms in total. The van der Waals surface area contributed by atoms with Crippen LogP contribution in [0.2, 0.25) is 0 Å². The predicted molar refractivity (Wildman–Crippen MR) is 115 cm³/mol. The summed E-state index contributed by atoms with van der Waals surface area (Å²) in [6.07, 6.45) is 2.78. The molecule has 0 aliphatic carbocycles. The zero-order valence-electron chi connectivity index (χ0n) is 17.7. The highest BCUT2D eigenvalue weighted by Crippen LogP contribution is 2.25. The number of rotatable bonds is 6. The first-order valence-corrected chi connectivity index (χ1v) is 12.0. The van der Waals surface area contributed by atoms with Gasteiger partial charge in [-0.25, -0.2) is 8.42 Å². The van der Waals surface area contributed by atoms with Crippen molar-refractivity contribution in [3.05, 3.63) is 29.8 Å². The highest BCUT2D eigenvalue weighted by molar-refractivity contribution is 7.90. The Balaban J connectivity index is 1.86. The highest BCUT2D eigenvalue weighted by atomic mass is 32.2. The molecule has 2 aliphatic heterocycles. The third-order valence-electron chi connectivity index (χ3n) is 5.79. The Hall–Kier alpha value is -2.42. The Labute approximate surface area is 178 Å². The molecule has 2 heterocycles. The van der Waals surface area contributed by atoms with Gasteiger partial charge in [-0.3, -0.25) is 19.3 Å². The van der Waals surface area contributed by atoms with Crippen molar-refractivity contribution in [2.24, 2.45) is 10.9 Å². The minimum Gasteiger partial charge on any atom is -0.352 e. The summed E-state index contributed by atoms with van der Waals surface area (Å²) >= 11 is 0. The van der Waals surface area contributed by atoms with E-state index in [0.717, 1.165) is 19.3 Å². The molecular weight excluding hydrogens is 404 g/mol. The maximum atomic E-state index is 13.4. The third-order valence-corrected chi connectivity index (χ3v) is 7.18. The van der Waals surface area contributed by atoms with Gasteiger partial charge in [-0.05, 0) is 30.9 Å². The molecule has 0 saturated carbocycles. The van der Waals surface area contributed by atoms with E-state index < -0.39 is 16.1 Å². The molecule has 0 spiro atoms. The molecule has 2 amide bonds. The Morgan fingerprint density at radius 3 is 2.73 bits per heavy atom. The van der Waals surface area contributed by atoms with Crippen molar-refractivity contribution in [1.82, 2.24) is 14.9 Å². The van der Waals surface area contributed by atoms with Crippen LogP contribution in [0.15, 0.2) is 34.2 Å². The van der Waals surface area contributed by atoms with Crippen molar-refractivity contribution in [3.8, 4) is 0 Å². The molecule has 0 aromatic heterocycles. The lowest BCUT2D eigenvalue weighted by Gasteiger charge is -2.35.